The molecule has 1 amide bonds. The summed E-state index contributed by atoms with van der Waals surface area (Å²) in [5.41, 5.74) is 6.37. The molecule has 3 aromatic carbocycles. The van der Waals surface area contributed by atoms with E-state index < -0.39 is 6.09 Å². The number of rotatable bonds is 4. The number of alkyl carbamates (subject to hydrolysis) is 1. The summed E-state index contributed by atoms with van der Waals surface area (Å²) >= 11 is 0. The lowest BCUT2D eigenvalue weighted by Crippen LogP contribution is -2.26. The zero-order chi connectivity index (χ0) is 20.9. The highest BCUT2D eigenvalue weighted by atomic mass is 19.1. The van der Waals surface area contributed by atoms with Crippen LogP contribution in [0.3, 0.4) is 0 Å². The molecule has 1 N–H and O–H groups in total. The molecular weight excluding hydrogens is 377 g/mol. The van der Waals surface area contributed by atoms with Gasteiger partial charge >= 0.3 is 6.09 Å². The van der Waals surface area contributed by atoms with Gasteiger partial charge in [0.05, 0.1) is 0 Å². The first-order chi connectivity index (χ1) is 14.6. The van der Waals surface area contributed by atoms with E-state index in [1.807, 2.05) is 31.2 Å². The number of halogens is 1. The number of benzene rings is 3. The Kier molecular flexibility index (Phi) is 5.81. The van der Waals surface area contributed by atoms with E-state index in [-0.39, 0.29) is 11.7 Å². The highest BCUT2D eigenvalue weighted by Gasteiger charge is 2.28. The molecule has 0 aromatic heterocycles. The van der Waals surface area contributed by atoms with Gasteiger partial charge in [0, 0.05) is 24.4 Å². The van der Waals surface area contributed by atoms with Gasteiger partial charge in [-0.25, -0.2) is 9.18 Å². The van der Waals surface area contributed by atoms with E-state index in [0.29, 0.717) is 19.6 Å². The lowest BCUT2D eigenvalue weighted by atomic mass is 9.98. The minimum absolute atomic E-state index is 0.0457. The highest BCUT2D eigenvalue weighted by molar-refractivity contribution is 5.79. The fourth-order valence-corrected chi connectivity index (χ4v) is 3.80. The lowest BCUT2D eigenvalue weighted by molar-refractivity contribution is 0.143. The summed E-state index contributed by atoms with van der Waals surface area (Å²) in [4.78, 5) is 12.1. The molecule has 0 bridgehead atoms. The average Bonchev–Trinajstić information content (AvgIpc) is 3.07. The fourth-order valence-electron chi connectivity index (χ4n) is 3.80. The van der Waals surface area contributed by atoms with Crippen LogP contribution < -0.4 is 5.32 Å². The Balaban J connectivity index is 1.29. The molecule has 150 valence electrons. The zero-order valence-electron chi connectivity index (χ0n) is 16.7. The quantitative estimate of drug-likeness (QED) is 0.470. The SMILES string of the molecule is Cc1cc(F)ccc1C#CCCNC(=O)OCC1c2ccccc2-c2ccccc21. The number of carbonyl (C=O) groups excluding carboxylic acids is 1. The number of carbonyl (C=O) groups is 1. The Morgan fingerprint density at radius 1 is 1.03 bits per heavy atom. The van der Waals surface area contributed by atoms with Gasteiger partial charge in [0.15, 0.2) is 0 Å². The molecule has 0 aliphatic heterocycles. The zero-order valence-corrected chi connectivity index (χ0v) is 16.7. The van der Waals surface area contributed by atoms with Crippen LogP contribution in [0.2, 0.25) is 0 Å². The summed E-state index contributed by atoms with van der Waals surface area (Å²) in [6.07, 6.45) is 0.0395. The molecule has 3 nitrogen and oxygen atoms in total. The van der Waals surface area contributed by atoms with E-state index in [9.17, 15) is 9.18 Å². The van der Waals surface area contributed by atoms with Crippen molar-refractivity contribution >= 4 is 6.09 Å². The smallest absolute Gasteiger partial charge is 0.407 e. The topological polar surface area (TPSA) is 38.3 Å². The minimum Gasteiger partial charge on any atom is -0.449 e. The van der Waals surface area contributed by atoms with Crippen LogP contribution in [0.5, 0.6) is 0 Å². The number of hydrogen-bond donors (Lipinski definition) is 1. The normalized spacial score (nSPS) is 11.8. The summed E-state index contributed by atoms with van der Waals surface area (Å²) < 4.78 is 18.6. The third kappa shape index (κ3) is 4.21. The number of nitrogens with one attached hydrogen (secondary N) is 1. The van der Waals surface area contributed by atoms with Crippen molar-refractivity contribution in [3.05, 3.63) is 94.8 Å². The van der Waals surface area contributed by atoms with E-state index in [0.717, 1.165) is 11.1 Å². The van der Waals surface area contributed by atoms with Crippen molar-refractivity contribution in [3.8, 4) is 23.0 Å². The molecule has 0 radical (unpaired) electrons. The van der Waals surface area contributed by atoms with Gasteiger partial charge in [0.1, 0.15) is 12.4 Å². The van der Waals surface area contributed by atoms with Crippen LogP contribution in [-0.2, 0) is 4.74 Å². The number of aryl methyl sites for hydroxylation is 1. The maximum absolute atomic E-state index is 13.1. The van der Waals surface area contributed by atoms with Gasteiger partial charge in [0.25, 0.3) is 0 Å². The highest BCUT2D eigenvalue weighted by Crippen LogP contribution is 2.44. The molecule has 0 fully saturated rings. The fraction of sp³-hybridized carbons (Fsp3) is 0.192. The third-order valence-electron chi connectivity index (χ3n) is 5.27. The van der Waals surface area contributed by atoms with Gasteiger partial charge in [-0.3, -0.25) is 0 Å². The van der Waals surface area contributed by atoms with Crippen LogP contribution in [0, 0.1) is 24.6 Å². The third-order valence-corrected chi connectivity index (χ3v) is 5.27. The Hall–Kier alpha value is -3.58. The first kappa shape index (κ1) is 19.7. The first-order valence-electron chi connectivity index (χ1n) is 9.97. The van der Waals surface area contributed by atoms with Crippen molar-refractivity contribution < 1.29 is 13.9 Å². The van der Waals surface area contributed by atoms with Crippen LogP contribution in [-0.4, -0.2) is 19.2 Å². The molecule has 0 spiro atoms. The largest absolute Gasteiger partial charge is 0.449 e. The Labute approximate surface area is 175 Å². The van der Waals surface area contributed by atoms with Gasteiger partial charge in [-0.2, -0.15) is 0 Å². The van der Waals surface area contributed by atoms with Gasteiger partial charge in [-0.05, 0) is 52.9 Å². The molecule has 0 unspecified atom stereocenters. The molecule has 1 aliphatic carbocycles. The van der Waals surface area contributed by atoms with Crippen LogP contribution in [0.15, 0.2) is 66.7 Å². The summed E-state index contributed by atoms with van der Waals surface area (Å²) in [6, 6.07) is 21.0. The van der Waals surface area contributed by atoms with Crippen LogP contribution in [0.25, 0.3) is 11.1 Å². The second kappa shape index (κ2) is 8.84. The van der Waals surface area contributed by atoms with Gasteiger partial charge in [-0.15, -0.1) is 0 Å². The number of ether oxygens (including phenoxy) is 1. The lowest BCUT2D eigenvalue weighted by Gasteiger charge is -2.14. The maximum Gasteiger partial charge on any atom is 0.407 e. The molecule has 0 saturated heterocycles. The van der Waals surface area contributed by atoms with Crippen LogP contribution in [0.1, 0.15) is 34.6 Å². The van der Waals surface area contributed by atoms with E-state index >= 15 is 0 Å². The summed E-state index contributed by atoms with van der Waals surface area (Å²) in [5, 5.41) is 2.74. The molecule has 3 aromatic rings. The van der Waals surface area contributed by atoms with Crippen LogP contribution in [0.4, 0.5) is 9.18 Å². The van der Waals surface area contributed by atoms with E-state index in [2.05, 4.69) is 41.4 Å². The molecule has 1 aliphatic rings. The second-order valence-corrected chi connectivity index (χ2v) is 7.26. The maximum atomic E-state index is 13.1. The Bertz CT molecular complexity index is 1100. The number of amides is 1. The number of hydrogen-bond acceptors (Lipinski definition) is 2. The summed E-state index contributed by atoms with van der Waals surface area (Å²) in [7, 11) is 0. The molecule has 30 heavy (non-hydrogen) atoms. The Morgan fingerprint density at radius 2 is 1.70 bits per heavy atom. The molecule has 0 heterocycles. The van der Waals surface area contributed by atoms with Gasteiger partial charge < -0.3 is 10.1 Å². The summed E-state index contributed by atoms with van der Waals surface area (Å²) in [6.45, 7) is 2.51. The molecule has 0 saturated carbocycles. The average molecular weight is 399 g/mol. The van der Waals surface area contributed by atoms with E-state index in [4.69, 9.17) is 4.74 Å². The van der Waals surface area contributed by atoms with Crippen molar-refractivity contribution in [3.63, 3.8) is 0 Å². The van der Waals surface area contributed by atoms with Gasteiger partial charge in [-0.1, -0.05) is 60.4 Å². The van der Waals surface area contributed by atoms with Gasteiger partial charge in [0.2, 0.25) is 0 Å². The molecule has 4 rings (SSSR count). The molecule has 4 heteroatoms. The standard InChI is InChI=1S/C26H22FNO2/c1-18-16-20(27)14-13-19(18)8-6-7-15-28-26(29)30-17-25-23-11-4-2-9-21(23)22-10-3-5-12-24(22)25/h2-5,9-14,16,25H,7,15,17H2,1H3,(H,28,29). The van der Waals surface area contributed by atoms with Crippen molar-refractivity contribution in [1.82, 2.24) is 5.32 Å². The van der Waals surface area contributed by atoms with E-state index in [1.165, 1.54) is 34.4 Å². The van der Waals surface area contributed by atoms with Crippen molar-refractivity contribution in [2.45, 2.75) is 19.3 Å². The van der Waals surface area contributed by atoms with Crippen molar-refractivity contribution in [2.24, 2.45) is 0 Å². The minimum atomic E-state index is -0.448. The van der Waals surface area contributed by atoms with Crippen molar-refractivity contribution in [1.29, 1.82) is 0 Å². The molecular formula is C26H22FNO2. The van der Waals surface area contributed by atoms with E-state index in [1.54, 1.807) is 6.07 Å². The predicted molar refractivity (Wildman–Crippen MR) is 116 cm³/mol. The monoisotopic (exact) mass is 399 g/mol. The van der Waals surface area contributed by atoms with Crippen molar-refractivity contribution in [2.75, 3.05) is 13.2 Å². The summed E-state index contributed by atoms with van der Waals surface area (Å²) in [5.74, 6) is 5.78. The predicted octanol–water partition coefficient (Wildman–Crippen LogP) is 5.41. The second-order valence-electron chi connectivity index (χ2n) is 7.26. The van der Waals surface area contributed by atoms with Crippen LogP contribution >= 0.6 is 0 Å². The Morgan fingerprint density at radius 3 is 2.37 bits per heavy atom. The first-order valence-corrected chi connectivity index (χ1v) is 9.97. The number of fused-ring (bicyclic) bond motifs is 3. The molecule has 0 atom stereocenters.